The molecule has 0 amide bonds. The van der Waals surface area contributed by atoms with Crippen LogP contribution < -0.4 is 5.32 Å². The van der Waals surface area contributed by atoms with Crippen LogP contribution in [0.4, 0.5) is 0 Å². The third-order valence-electron chi connectivity index (χ3n) is 4.64. The molecule has 0 radical (unpaired) electrons. The van der Waals surface area contributed by atoms with Crippen LogP contribution in [0.1, 0.15) is 29.8 Å². The largest absolute Gasteiger partial charge is 0.307 e. The highest BCUT2D eigenvalue weighted by Gasteiger charge is 2.22. The molecule has 0 spiro atoms. The number of imidazole rings is 1. The van der Waals surface area contributed by atoms with Crippen LogP contribution in [0.25, 0.3) is 5.65 Å². The van der Waals surface area contributed by atoms with Gasteiger partial charge in [0.25, 0.3) is 0 Å². The summed E-state index contributed by atoms with van der Waals surface area (Å²) in [5, 5.41) is 3.68. The fraction of sp³-hybridized carbons (Fsp3) is 0.350. The van der Waals surface area contributed by atoms with Crippen molar-refractivity contribution in [3.8, 4) is 0 Å². The van der Waals surface area contributed by atoms with Crippen molar-refractivity contribution in [1.82, 2.24) is 19.6 Å². The van der Waals surface area contributed by atoms with Crippen LogP contribution in [0.15, 0.2) is 54.9 Å². The van der Waals surface area contributed by atoms with Crippen LogP contribution in [0, 0.1) is 6.92 Å². The van der Waals surface area contributed by atoms with Crippen LogP contribution in [0.5, 0.6) is 0 Å². The second kappa shape index (κ2) is 7.16. The Kier molecular flexibility index (Phi) is 4.97. The zero-order valence-corrected chi connectivity index (χ0v) is 14.9. The first-order valence-corrected chi connectivity index (χ1v) is 8.44. The first-order valence-electron chi connectivity index (χ1n) is 8.44. The molecule has 4 heteroatoms. The van der Waals surface area contributed by atoms with E-state index in [1.54, 1.807) is 0 Å². The van der Waals surface area contributed by atoms with E-state index in [1.807, 2.05) is 24.4 Å². The van der Waals surface area contributed by atoms with E-state index in [0.29, 0.717) is 12.1 Å². The summed E-state index contributed by atoms with van der Waals surface area (Å²) < 4.78 is 2.14. The van der Waals surface area contributed by atoms with Gasteiger partial charge in [0.15, 0.2) is 0 Å². The summed E-state index contributed by atoms with van der Waals surface area (Å²) in [6.07, 6.45) is 4.02. The summed E-state index contributed by atoms with van der Waals surface area (Å²) in [5.41, 5.74) is 4.88. The molecule has 24 heavy (non-hydrogen) atoms. The van der Waals surface area contributed by atoms with Crippen LogP contribution in [-0.4, -0.2) is 34.4 Å². The van der Waals surface area contributed by atoms with Crippen molar-refractivity contribution >= 4 is 5.65 Å². The van der Waals surface area contributed by atoms with Crippen LogP contribution >= 0.6 is 0 Å². The molecule has 4 nitrogen and oxygen atoms in total. The third-order valence-corrected chi connectivity index (χ3v) is 4.64. The SMILES string of the molecule is Cc1ccccc1C(C(C)NCc1cnc2ccccn12)N(C)C. The summed E-state index contributed by atoms with van der Waals surface area (Å²) >= 11 is 0. The molecule has 3 rings (SSSR count). The quantitative estimate of drug-likeness (QED) is 0.755. The number of nitrogens with one attached hydrogen (secondary N) is 1. The van der Waals surface area contributed by atoms with E-state index in [-0.39, 0.29) is 0 Å². The van der Waals surface area contributed by atoms with Crippen molar-refractivity contribution in [2.24, 2.45) is 0 Å². The van der Waals surface area contributed by atoms with Gasteiger partial charge in [0, 0.05) is 24.8 Å². The Labute approximate surface area is 144 Å². The average Bonchev–Trinajstić information content (AvgIpc) is 2.98. The molecule has 2 unspecified atom stereocenters. The van der Waals surface area contributed by atoms with Gasteiger partial charge < -0.3 is 14.6 Å². The monoisotopic (exact) mass is 322 g/mol. The normalized spacial score (nSPS) is 14.2. The number of aromatic nitrogens is 2. The van der Waals surface area contributed by atoms with Crippen LogP contribution in [0.3, 0.4) is 0 Å². The lowest BCUT2D eigenvalue weighted by molar-refractivity contribution is 0.238. The third kappa shape index (κ3) is 3.35. The van der Waals surface area contributed by atoms with Gasteiger partial charge in [-0.15, -0.1) is 0 Å². The number of nitrogens with zero attached hydrogens (tertiary/aromatic N) is 3. The van der Waals surface area contributed by atoms with Gasteiger partial charge >= 0.3 is 0 Å². The summed E-state index contributed by atoms with van der Waals surface area (Å²) in [6.45, 7) is 5.23. The highest BCUT2D eigenvalue weighted by atomic mass is 15.1. The maximum Gasteiger partial charge on any atom is 0.136 e. The molecule has 126 valence electrons. The van der Waals surface area contributed by atoms with Crippen LogP contribution in [0.2, 0.25) is 0 Å². The topological polar surface area (TPSA) is 32.6 Å². The van der Waals surface area contributed by atoms with Gasteiger partial charge in [-0.25, -0.2) is 4.98 Å². The number of rotatable bonds is 6. The van der Waals surface area contributed by atoms with E-state index in [0.717, 1.165) is 12.2 Å². The van der Waals surface area contributed by atoms with E-state index < -0.39 is 0 Å². The molecule has 0 saturated carbocycles. The average molecular weight is 322 g/mol. The second-order valence-electron chi connectivity index (χ2n) is 6.61. The molecule has 0 aliphatic heterocycles. The van der Waals surface area contributed by atoms with E-state index in [9.17, 15) is 0 Å². The van der Waals surface area contributed by atoms with Crippen LogP contribution in [-0.2, 0) is 6.54 Å². The molecule has 1 N–H and O–H groups in total. The molecule has 0 bridgehead atoms. The van der Waals surface area contributed by atoms with Gasteiger partial charge in [-0.2, -0.15) is 0 Å². The Morgan fingerprint density at radius 3 is 2.62 bits per heavy atom. The number of aryl methyl sites for hydroxylation is 1. The standard InChI is InChI=1S/C20H26N4/c1-15-9-5-6-10-18(15)20(23(3)4)16(2)21-13-17-14-22-19-11-7-8-12-24(17)19/h5-12,14,16,20-21H,13H2,1-4H3. The summed E-state index contributed by atoms with van der Waals surface area (Å²) in [7, 11) is 4.28. The van der Waals surface area contributed by atoms with E-state index in [1.165, 1.54) is 16.8 Å². The zero-order valence-electron chi connectivity index (χ0n) is 14.9. The van der Waals surface area contributed by atoms with Crippen molar-refractivity contribution in [1.29, 1.82) is 0 Å². The van der Waals surface area contributed by atoms with Crippen molar-refractivity contribution in [2.45, 2.75) is 32.5 Å². The smallest absolute Gasteiger partial charge is 0.136 e. The number of likely N-dealkylation sites (N-methyl/N-ethyl adjacent to an activating group) is 1. The molecular weight excluding hydrogens is 296 g/mol. The first-order chi connectivity index (χ1) is 11.6. The Bertz CT molecular complexity index is 806. The zero-order chi connectivity index (χ0) is 17.1. The van der Waals surface area contributed by atoms with Gasteiger partial charge in [0.05, 0.1) is 11.9 Å². The maximum absolute atomic E-state index is 4.46. The van der Waals surface area contributed by atoms with Gasteiger partial charge in [-0.1, -0.05) is 30.3 Å². The molecule has 2 aromatic heterocycles. The van der Waals surface area contributed by atoms with Gasteiger partial charge in [-0.3, -0.25) is 0 Å². The lowest BCUT2D eigenvalue weighted by Crippen LogP contribution is -2.39. The second-order valence-corrected chi connectivity index (χ2v) is 6.61. The van der Waals surface area contributed by atoms with E-state index in [4.69, 9.17) is 0 Å². The maximum atomic E-state index is 4.46. The Hall–Kier alpha value is -2.17. The van der Waals surface area contributed by atoms with Crippen molar-refractivity contribution in [3.63, 3.8) is 0 Å². The minimum absolute atomic E-state index is 0.315. The minimum atomic E-state index is 0.315. The molecule has 3 aromatic rings. The van der Waals surface area contributed by atoms with Gasteiger partial charge in [0.2, 0.25) is 0 Å². The number of fused-ring (bicyclic) bond motifs is 1. The Balaban J connectivity index is 1.77. The minimum Gasteiger partial charge on any atom is -0.307 e. The molecule has 2 atom stereocenters. The Morgan fingerprint density at radius 2 is 1.88 bits per heavy atom. The lowest BCUT2D eigenvalue weighted by Gasteiger charge is -2.32. The number of hydrogen-bond acceptors (Lipinski definition) is 3. The van der Waals surface area contributed by atoms with Crippen molar-refractivity contribution < 1.29 is 0 Å². The molecule has 2 heterocycles. The summed E-state index contributed by atoms with van der Waals surface area (Å²) in [4.78, 5) is 6.75. The predicted molar refractivity (Wildman–Crippen MR) is 99.1 cm³/mol. The number of pyridine rings is 1. The molecule has 0 aliphatic rings. The predicted octanol–water partition coefficient (Wildman–Crippen LogP) is 3.42. The highest BCUT2D eigenvalue weighted by Crippen LogP contribution is 2.25. The van der Waals surface area contributed by atoms with Gasteiger partial charge in [0.1, 0.15) is 5.65 Å². The molecule has 0 fully saturated rings. The molecule has 0 saturated heterocycles. The van der Waals surface area contributed by atoms with Crippen molar-refractivity contribution in [2.75, 3.05) is 14.1 Å². The van der Waals surface area contributed by atoms with E-state index >= 15 is 0 Å². The molecule has 1 aromatic carbocycles. The lowest BCUT2D eigenvalue weighted by atomic mass is 9.95. The highest BCUT2D eigenvalue weighted by molar-refractivity contribution is 5.39. The number of hydrogen-bond donors (Lipinski definition) is 1. The first kappa shape index (κ1) is 16.7. The number of benzene rings is 1. The van der Waals surface area contributed by atoms with Crippen molar-refractivity contribution in [3.05, 3.63) is 71.7 Å². The fourth-order valence-corrected chi connectivity index (χ4v) is 3.41. The van der Waals surface area contributed by atoms with Gasteiger partial charge in [-0.05, 0) is 51.2 Å². The summed E-state index contributed by atoms with van der Waals surface area (Å²) in [5.74, 6) is 0. The molecule has 0 aliphatic carbocycles. The fourth-order valence-electron chi connectivity index (χ4n) is 3.41. The Morgan fingerprint density at radius 1 is 1.12 bits per heavy atom. The van der Waals surface area contributed by atoms with E-state index in [2.05, 4.69) is 78.0 Å². The molecular formula is C20H26N4. The summed E-state index contributed by atoms with van der Waals surface area (Å²) in [6, 6.07) is 15.4.